The molecule has 0 aliphatic rings. The number of methoxy groups -OCH3 is 1. The van der Waals surface area contributed by atoms with E-state index in [9.17, 15) is 4.79 Å². The molecule has 6 heteroatoms. The van der Waals surface area contributed by atoms with Crippen molar-refractivity contribution in [2.24, 2.45) is 0 Å². The van der Waals surface area contributed by atoms with Crippen LogP contribution in [0.2, 0.25) is 0 Å². The molecule has 2 aromatic heterocycles. The van der Waals surface area contributed by atoms with Gasteiger partial charge in [-0.3, -0.25) is 9.69 Å². The van der Waals surface area contributed by atoms with Crippen LogP contribution in [-0.2, 0) is 0 Å². The maximum Gasteiger partial charge on any atom is 0.264 e. The second-order valence-corrected chi connectivity index (χ2v) is 4.09. The highest BCUT2D eigenvalue weighted by atomic mass is 16.5. The van der Waals surface area contributed by atoms with Gasteiger partial charge in [-0.1, -0.05) is 5.16 Å². The summed E-state index contributed by atoms with van der Waals surface area (Å²) in [4.78, 5) is 18.0. The molecule has 0 aliphatic heterocycles. The molecule has 0 N–H and O–H groups in total. The van der Waals surface area contributed by atoms with Gasteiger partial charge in [0, 0.05) is 13.2 Å². The van der Waals surface area contributed by atoms with E-state index in [1.807, 2.05) is 0 Å². The van der Waals surface area contributed by atoms with Gasteiger partial charge < -0.3 is 9.26 Å². The fourth-order valence-corrected chi connectivity index (χ4v) is 1.85. The first-order valence-electron chi connectivity index (χ1n) is 5.76. The van der Waals surface area contributed by atoms with Gasteiger partial charge in [0.05, 0.1) is 12.8 Å². The largest absolute Gasteiger partial charge is 0.493 e. The topological polar surface area (TPSA) is 68.5 Å². The molecule has 0 spiro atoms. The fourth-order valence-electron chi connectivity index (χ4n) is 1.85. The zero-order valence-corrected chi connectivity index (χ0v) is 11.3. The lowest BCUT2D eigenvalue weighted by molar-refractivity contribution is 0.0989. The third-order valence-corrected chi connectivity index (χ3v) is 2.84. The van der Waals surface area contributed by atoms with Crippen LogP contribution in [-0.4, -0.2) is 30.2 Å². The average Bonchev–Trinajstić information content (AvgIpc) is 2.76. The van der Waals surface area contributed by atoms with Gasteiger partial charge in [0.25, 0.3) is 5.91 Å². The predicted molar refractivity (Wildman–Crippen MR) is 69.5 cm³/mol. The molecule has 2 rings (SSSR count). The molecule has 2 aromatic rings. The van der Waals surface area contributed by atoms with Gasteiger partial charge in [-0.2, -0.15) is 0 Å². The normalized spacial score (nSPS) is 10.3. The number of carbonyl (C=O) groups is 1. The second-order valence-electron chi connectivity index (χ2n) is 4.09. The third kappa shape index (κ3) is 2.29. The number of anilines is 1. The maximum atomic E-state index is 12.4. The van der Waals surface area contributed by atoms with Gasteiger partial charge in [0.15, 0.2) is 11.6 Å². The van der Waals surface area contributed by atoms with Crippen molar-refractivity contribution in [1.29, 1.82) is 0 Å². The molecule has 0 fully saturated rings. The van der Waals surface area contributed by atoms with Crippen molar-refractivity contribution in [3.8, 4) is 5.75 Å². The molecule has 2 heterocycles. The minimum absolute atomic E-state index is 0.228. The molecule has 100 valence electrons. The molecule has 0 atom stereocenters. The van der Waals surface area contributed by atoms with Crippen LogP contribution in [0.15, 0.2) is 22.9 Å². The van der Waals surface area contributed by atoms with Crippen molar-refractivity contribution in [2.75, 3.05) is 19.1 Å². The Bertz CT molecular complexity index is 587. The van der Waals surface area contributed by atoms with Crippen LogP contribution in [0, 0.1) is 13.8 Å². The number of hydrogen-bond donors (Lipinski definition) is 0. The maximum absolute atomic E-state index is 12.4. The van der Waals surface area contributed by atoms with Crippen LogP contribution in [0.3, 0.4) is 0 Å². The van der Waals surface area contributed by atoms with E-state index in [2.05, 4.69) is 10.1 Å². The van der Waals surface area contributed by atoms with E-state index in [0.29, 0.717) is 28.6 Å². The first-order valence-corrected chi connectivity index (χ1v) is 5.76. The van der Waals surface area contributed by atoms with Crippen LogP contribution in [0.1, 0.15) is 21.8 Å². The molecular weight excluding hydrogens is 246 g/mol. The molecule has 6 nitrogen and oxygen atoms in total. The average molecular weight is 261 g/mol. The number of nitrogens with zero attached hydrogens (tertiary/aromatic N) is 3. The zero-order chi connectivity index (χ0) is 14.0. The minimum atomic E-state index is -0.228. The zero-order valence-electron chi connectivity index (χ0n) is 11.3. The summed E-state index contributed by atoms with van der Waals surface area (Å²) in [7, 11) is 3.17. The molecule has 1 amide bonds. The number of hydrogen-bond acceptors (Lipinski definition) is 5. The quantitative estimate of drug-likeness (QED) is 0.845. The monoisotopic (exact) mass is 261 g/mol. The number of amides is 1. The van der Waals surface area contributed by atoms with E-state index in [-0.39, 0.29) is 5.91 Å². The molecule has 0 radical (unpaired) electrons. The van der Waals surface area contributed by atoms with E-state index in [4.69, 9.17) is 9.26 Å². The van der Waals surface area contributed by atoms with E-state index in [0.717, 1.165) is 0 Å². The summed E-state index contributed by atoms with van der Waals surface area (Å²) in [6, 6.07) is 3.50. The molecule has 0 unspecified atom stereocenters. The van der Waals surface area contributed by atoms with Crippen LogP contribution in [0.5, 0.6) is 5.75 Å². The molecule has 0 bridgehead atoms. The van der Waals surface area contributed by atoms with E-state index in [1.54, 1.807) is 39.2 Å². The number of pyridine rings is 1. The van der Waals surface area contributed by atoms with Crippen LogP contribution in [0.4, 0.5) is 5.82 Å². The van der Waals surface area contributed by atoms with Crippen LogP contribution >= 0.6 is 0 Å². The summed E-state index contributed by atoms with van der Waals surface area (Å²) in [5.74, 6) is 1.25. The summed E-state index contributed by atoms with van der Waals surface area (Å²) in [6.07, 6.45) is 1.61. The minimum Gasteiger partial charge on any atom is -0.493 e. The Morgan fingerprint density at radius 3 is 2.74 bits per heavy atom. The lowest BCUT2D eigenvalue weighted by Crippen LogP contribution is -2.28. The van der Waals surface area contributed by atoms with Gasteiger partial charge in [-0.15, -0.1) is 0 Å². The first kappa shape index (κ1) is 13.1. The van der Waals surface area contributed by atoms with Crippen molar-refractivity contribution in [3.05, 3.63) is 35.3 Å². The molecule has 0 saturated carbocycles. The first-order chi connectivity index (χ1) is 9.06. The van der Waals surface area contributed by atoms with E-state index < -0.39 is 0 Å². The van der Waals surface area contributed by atoms with Gasteiger partial charge in [0.2, 0.25) is 0 Å². The van der Waals surface area contributed by atoms with E-state index >= 15 is 0 Å². The smallest absolute Gasteiger partial charge is 0.264 e. The highest BCUT2D eigenvalue weighted by Crippen LogP contribution is 2.26. The lowest BCUT2D eigenvalue weighted by atomic mass is 10.2. The molecule has 19 heavy (non-hydrogen) atoms. The van der Waals surface area contributed by atoms with Gasteiger partial charge in [-0.05, 0) is 26.0 Å². The van der Waals surface area contributed by atoms with Crippen molar-refractivity contribution < 1.29 is 14.1 Å². The fraction of sp³-hybridized carbons (Fsp3) is 0.308. The summed E-state index contributed by atoms with van der Waals surface area (Å²) >= 11 is 0. The second kappa shape index (κ2) is 5.09. The Morgan fingerprint density at radius 1 is 1.42 bits per heavy atom. The van der Waals surface area contributed by atoms with Gasteiger partial charge in [-0.25, -0.2) is 4.98 Å². The standard InChI is InChI=1S/C13H15N3O3/c1-8-11(9(2)19-15-8)13(17)16(3)12-10(18-4)6-5-7-14-12/h5-7H,1-4H3. The molecule has 0 aromatic carbocycles. The third-order valence-electron chi connectivity index (χ3n) is 2.84. The van der Waals surface area contributed by atoms with Gasteiger partial charge >= 0.3 is 0 Å². The van der Waals surface area contributed by atoms with E-state index in [1.165, 1.54) is 12.0 Å². The Morgan fingerprint density at radius 2 is 2.16 bits per heavy atom. The highest BCUT2D eigenvalue weighted by Gasteiger charge is 2.24. The van der Waals surface area contributed by atoms with Gasteiger partial charge in [0.1, 0.15) is 11.3 Å². The van der Waals surface area contributed by atoms with Crippen molar-refractivity contribution >= 4 is 11.7 Å². The Balaban J connectivity index is 2.39. The number of carbonyl (C=O) groups excluding carboxylic acids is 1. The van der Waals surface area contributed by atoms with Crippen LogP contribution in [0.25, 0.3) is 0 Å². The predicted octanol–water partition coefficient (Wildman–Crippen LogP) is 1.97. The Hall–Kier alpha value is -2.37. The number of ether oxygens (including phenoxy) is 1. The summed E-state index contributed by atoms with van der Waals surface area (Å²) in [5.41, 5.74) is 1.01. The number of rotatable bonds is 3. The Labute approximate surface area is 111 Å². The Kier molecular flexibility index (Phi) is 3.50. The van der Waals surface area contributed by atoms with Crippen molar-refractivity contribution in [2.45, 2.75) is 13.8 Å². The summed E-state index contributed by atoms with van der Waals surface area (Å²) in [6.45, 7) is 3.43. The number of aromatic nitrogens is 2. The molecular formula is C13H15N3O3. The van der Waals surface area contributed by atoms with Crippen LogP contribution < -0.4 is 9.64 Å². The van der Waals surface area contributed by atoms with Crippen molar-refractivity contribution in [1.82, 2.24) is 10.1 Å². The lowest BCUT2D eigenvalue weighted by Gasteiger charge is -2.18. The SMILES string of the molecule is COc1cccnc1N(C)C(=O)c1c(C)noc1C. The summed E-state index contributed by atoms with van der Waals surface area (Å²) < 4.78 is 10.2. The highest BCUT2D eigenvalue weighted by molar-refractivity contribution is 6.07. The molecule has 0 saturated heterocycles. The molecule has 0 aliphatic carbocycles. The summed E-state index contributed by atoms with van der Waals surface area (Å²) in [5, 5.41) is 3.78. The number of aryl methyl sites for hydroxylation is 2. The van der Waals surface area contributed by atoms with Crippen molar-refractivity contribution in [3.63, 3.8) is 0 Å².